The number of thiocarbonyl (C=S) groups is 1. The van der Waals surface area contributed by atoms with E-state index in [2.05, 4.69) is 24.4 Å². The zero-order valence-corrected chi connectivity index (χ0v) is 15.2. The summed E-state index contributed by atoms with van der Waals surface area (Å²) in [7, 11) is 4.12. The fraction of sp³-hybridized carbons (Fsp3) is 0.375. The highest BCUT2D eigenvalue weighted by Crippen LogP contribution is 2.22. The molecular weight excluding hydrogens is 348 g/mol. The van der Waals surface area contributed by atoms with Gasteiger partial charge in [-0.05, 0) is 36.5 Å². The number of quaternary nitrogens is 1. The van der Waals surface area contributed by atoms with Crippen LogP contribution >= 0.6 is 23.8 Å². The molecule has 0 spiro atoms. The molecule has 1 fully saturated rings. The summed E-state index contributed by atoms with van der Waals surface area (Å²) in [5, 5.41) is 3.17. The summed E-state index contributed by atoms with van der Waals surface area (Å²) in [6.07, 6.45) is 2.30. The van der Waals surface area contributed by atoms with Crippen LogP contribution in [0.2, 0.25) is 5.02 Å². The van der Waals surface area contributed by atoms with Crippen LogP contribution in [-0.4, -0.2) is 50.3 Å². The van der Waals surface area contributed by atoms with E-state index in [0.29, 0.717) is 17.3 Å². The number of carbonyl (C=O) groups excluding carboxylic acids is 2. The zero-order valence-electron chi connectivity index (χ0n) is 13.6. The van der Waals surface area contributed by atoms with E-state index >= 15 is 0 Å². The molecule has 2 rings (SSSR count). The topological polar surface area (TPSA) is 66.2 Å². The number of rotatable bonds is 6. The van der Waals surface area contributed by atoms with Gasteiger partial charge >= 0.3 is 0 Å². The van der Waals surface area contributed by atoms with Crippen LogP contribution in [0.1, 0.15) is 6.42 Å². The molecule has 1 unspecified atom stereocenters. The number of aliphatic imine (C=N–C) groups is 1. The summed E-state index contributed by atoms with van der Waals surface area (Å²) in [5.41, 5.74) is 0.559. The number of halogens is 1. The molecule has 0 aliphatic carbocycles. The highest BCUT2D eigenvalue weighted by atomic mass is 35.5. The molecule has 1 aromatic rings. The maximum atomic E-state index is 12.7. The molecule has 128 valence electrons. The van der Waals surface area contributed by atoms with Crippen molar-refractivity contribution < 1.29 is 14.5 Å². The number of carbonyl (C=O) groups is 2. The second kappa shape index (κ2) is 8.32. The highest BCUT2D eigenvalue weighted by Gasteiger charge is 2.38. The molecule has 6 nitrogen and oxygen atoms in total. The molecular formula is C16H20ClN4O2S+. The first kappa shape index (κ1) is 18.5. The van der Waals surface area contributed by atoms with Crippen molar-refractivity contribution in [2.24, 2.45) is 10.9 Å². The number of hydrogen-bond acceptors (Lipinski definition) is 4. The summed E-state index contributed by atoms with van der Waals surface area (Å²) < 4.78 is 0. The van der Waals surface area contributed by atoms with E-state index in [0.717, 1.165) is 13.0 Å². The van der Waals surface area contributed by atoms with E-state index in [-0.39, 0.29) is 5.11 Å². The maximum absolute atomic E-state index is 12.7. The molecule has 1 aliphatic rings. The molecule has 2 amide bonds. The number of anilines is 1. The Morgan fingerprint density at radius 2 is 2.00 bits per heavy atom. The molecule has 8 heteroatoms. The average molecular weight is 368 g/mol. The standard InChI is InChI=1S/C16H19ClN4O2S/c1-20(2)9-3-8-18-10-13-14(22)19-16(24)21(15(13)23)12-6-4-11(17)5-7-12/h4-7,10,13H,3,8-9H2,1-2H3,(H,19,22,24)/p+1. The smallest absolute Gasteiger partial charge is 0.251 e. The average Bonchev–Trinajstić information content (AvgIpc) is 2.51. The lowest BCUT2D eigenvalue weighted by atomic mass is 10.1. The van der Waals surface area contributed by atoms with Crippen LogP contribution in [0.25, 0.3) is 0 Å². The van der Waals surface area contributed by atoms with Crippen molar-refractivity contribution in [3.8, 4) is 0 Å². The van der Waals surface area contributed by atoms with Gasteiger partial charge in [0.25, 0.3) is 5.91 Å². The molecule has 0 saturated carbocycles. The Kier molecular flexibility index (Phi) is 6.42. The Morgan fingerprint density at radius 1 is 1.33 bits per heavy atom. The Labute approximate surface area is 151 Å². The van der Waals surface area contributed by atoms with Crippen LogP contribution in [0.5, 0.6) is 0 Å². The lowest BCUT2D eigenvalue weighted by Crippen LogP contribution is -3.05. The SMILES string of the molecule is C[NH+](C)CCCN=CC1C(=O)NC(=S)N(c2ccc(Cl)cc2)C1=O. The van der Waals surface area contributed by atoms with Crippen molar-refractivity contribution in [2.75, 3.05) is 32.1 Å². The molecule has 2 N–H and O–H groups in total. The van der Waals surface area contributed by atoms with Gasteiger partial charge in [-0.3, -0.25) is 19.5 Å². The highest BCUT2D eigenvalue weighted by molar-refractivity contribution is 7.80. The first-order valence-corrected chi connectivity index (χ1v) is 8.42. The van der Waals surface area contributed by atoms with E-state index in [4.69, 9.17) is 23.8 Å². The van der Waals surface area contributed by atoms with Gasteiger partial charge in [0.15, 0.2) is 11.0 Å². The van der Waals surface area contributed by atoms with Crippen molar-refractivity contribution in [1.82, 2.24) is 5.32 Å². The van der Waals surface area contributed by atoms with Crippen LogP contribution in [0.15, 0.2) is 29.3 Å². The lowest BCUT2D eigenvalue weighted by molar-refractivity contribution is -0.858. The van der Waals surface area contributed by atoms with E-state index < -0.39 is 17.7 Å². The van der Waals surface area contributed by atoms with Crippen LogP contribution in [0.3, 0.4) is 0 Å². The van der Waals surface area contributed by atoms with Gasteiger partial charge in [-0.2, -0.15) is 0 Å². The number of nitrogens with one attached hydrogen (secondary N) is 2. The van der Waals surface area contributed by atoms with E-state index in [1.807, 2.05) is 0 Å². The molecule has 1 atom stereocenters. The molecule has 24 heavy (non-hydrogen) atoms. The largest absolute Gasteiger partial charge is 0.340 e. The zero-order chi connectivity index (χ0) is 17.7. The summed E-state index contributed by atoms with van der Waals surface area (Å²) >= 11 is 11.0. The van der Waals surface area contributed by atoms with Gasteiger partial charge in [0.2, 0.25) is 5.91 Å². The van der Waals surface area contributed by atoms with Gasteiger partial charge in [-0.15, -0.1) is 0 Å². The van der Waals surface area contributed by atoms with Gasteiger partial charge in [0.1, 0.15) is 0 Å². The predicted molar refractivity (Wildman–Crippen MR) is 98.8 cm³/mol. The number of amides is 2. The molecule has 1 saturated heterocycles. The van der Waals surface area contributed by atoms with Crippen LogP contribution in [-0.2, 0) is 9.59 Å². The minimum atomic E-state index is -0.973. The van der Waals surface area contributed by atoms with Crippen LogP contribution in [0.4, 0.5) is 5.69 Å². The third kappa shape index (κ3) is 4.59. The minimum absolute atomic E-state index is 0.0631. The minimum Gasteiger partial charge on any atom is -0.340 e. The van der Waals surface area contributed by atoms with E-state index in [1.54, 1.807) is 24.3 Å². The fourth-order valence-electron chi connectivity index (χ4n) is 2.26. The van der Waals surface area contributed by atoms with Gasteiger partial charge in [-0.25, -0.2) is 0 Å². The molecule has 1 aliphatic heterocycles. The normalized spacial score (nSPS) is 18.6. The number of nitrogens with zero attached hydrogens (tertiary/aromatic N) is 2. The molecule has 0 aromatic heterocycles. The molecule has 0 radical (unpaired) electrons. The Hall–Kier alpha value is -1.83. The van der Waals surface area contributed by atoms with Crippen molar-refractivity contribution in [1.29, 1.82) is 0 Å². The molecule has 0 bridgehead atoms. The fourth-order valence-corrected chi connectivity index (χ4v) is 2.68. The van der Waals surface area contributed by atoms with Crippen molar-refractivity contribution >= 4 is 52.6 Å². The monoisotopic (exact) mass is 367 g/mol. The Morgan fingerprint density at radius 3 is 2.62 bits per heavy atom. The van der Waals surface area contributed by atoms with Crippen molar-refractivity contribution in [2.45, 2.75) is 6.42 Å². The van der Waals surface area contributed by atoms with Crippen LogP contribution < -0.4 is 15.1 Å². The first-order chi connectivity index (χ1) is 11.4. The third-order valence-electron chi connectivity index (χ3n) is 3.51. The second-order valence-corrected chi connectivity index (χ2v) is 6.61. The van der Waals surface area contributed by atoms with Gasteiger partial charge < -0.3 is 10.2 Å². The Bertz CT molecular complexity index is 661. The quantitative estimate of drug-likeness (QED) is 0.329. The van der Waals surface area contributed by atoms with E-state index in [1.165, 1.54) is 16.0 Å². The van der Waals surface area contributed by atoms with Crippen LogP contribution in [0, 0.1) is 5.92 Å². The third-order valence-corrected chi connectivity index (χ3v) is 4.04. The van der Waals surface area contributed by atoms with Gasteiger partial charge in [0.05, 0.1) is 26.3 Å². The van der Waals surface area contributed by atoms with E-state index in [9.17, 15) is 9.59 Å². The lowest BCUT2D eigenvalue weighted by Gasteiger charge is -2.30. The molecule has 1 aromatic carbocycles. The predicted octanol–water partition coefficient (Wildman–Crippen LogP) is 0.309. The maximum Gasteiger partial charge on any atom is 0.251 e. The number of benzene rings is 1. The Balaban J connectivity index is 2.10. The first-order valence-electron chi connectivity index (χ1n) is 7.63. The summed E-state index contributed by atoms with van der Waals surface area (Å²) in [5.74, 6) is -1.83. The van der Waals surface area contributed by atoms with Crippen molar-refractivity contribution in [3.05, 3.63) is 29.3 Å². The second-order valence-electron chi connectivity index (χ2n) is 5.79. The number of hydrogen-bond donors (Lipinski definition) is 2. The molecule has 1 heterocycles. The summed E-state index contributed by atoms with van der Waals surface area (Å²) in [4.78, 5) is 31.6. The van der Waals surface area contributed by atoms with Gasteiger partial charge in [-0.1, -0.05) is 11.6 Å². The summed E-state index contributed by atoms with van der Waals surface area (Å²) in [6.45, 7) is 1.55. The summed E-state index contributed by atoms with van der Waals surface area (Å²) in [6, 6.07) is 6.68. The van der Waals surface area contributed by atoms with Gasteiger partial charge in [0, 0.05) is 24.2 Å². The van der Waals surface area contributed by atoms with Crippen molar-refractivity contribution in [3.63, 3.8) is 0 Å².